The molecule has 1 aromatic rings. The third-order valence-electron chi connectivity index (χ3n) is 1.62. The molecule has 0 saturated carbocycles. The summed E-state index contributed by atoms with van der Waals surface area (Å²) in [5.41, 5.74) is 0.820. The molecule has 0 spiro atoms. The van der Waals surface area contributed by atoms with Gasteiger partial charge in [-0.25, -0.2) is 8.60 Å². The third-order valence-corrected chi connectivity index (χ3v) is 2.62. The third kappa shape index (κ3) is 3.98. The van der Waals surface area contributed by atoms with Gasteiger partial charge >= 0.3 is 0 Å². The molecule has 78 valence electrons. The molecule has 0 aliphatic carbocycles. The van der Waals surface area contributed by atoms with Gasteiger partial charge in [0.1, 0.15) is 5.82 Å². The molecule has 1 atom stereocenters. The second kappa shape index (κ2) is 5.88. The Labute approximate surface area is 85.8 Å². The van der Waals surface area contributed by atoms with E-state index in [1.54, 1.807) is 12.1 Å². The topological polar surface area (TPSA) is 26.3 Å². The van der Waals surface area contributed by atoms with E-state index in [2.05, 4.69) is 0 Å². The lowest BCUT2D eigenvalue weighted by Crippen LogP contribution is -2.01. The Morgan fingerprint density at radius 3 is 2.57 bits per heavy atom. The molecule has 1 rings (SSSR count). The monoisotopic (exact) mass is 216 g/mol. The van der Waals surface area contributed by atoms with Crippen molar-refractivity contribution in [3.8, 4) is 0 Å². The summed E-state index contributed by atoms with van der Waals surface area (Å²) < 4.78 is 28.8. The van der Waals surface area contributed by atoms with Gasteiger partial charge in [0.2, 0.25) is 0 Å². The van der Waals surface area contributed by atoms with Crippen molar-refractivity contribution in [2.24, 2.45) is 0 Å². The van der Waals surface area contributed by atoms with Crippen molar-refractivity contribution < 1.29 is 12.8 Å². The van der Waals surface area contributed by atoms with Crippen LogP contribution in [0.25, 0.3) is 0 Å². The molecule has 0 aliphatic rings. The van der Waals surface area contributed by atoms with Gasteiger partial charge in [-0.15, -0.1) is 0 Å². The van der Waals surface area contributed by atoms with E-state index < -0.39 is 11.1 Å². The van der Waals surface area contributed by atoms with Crippen LogP contribution in [0.5, 0.6) is 0 Å². The first-order chi connectivity index (χ1) is 6.72. The minimum Gasteiger partial charge on any atom is -0.290 e. The second-order valence-corrected chi connectivity index (χ2v) is 4.03. The SMILES string of the molecule is CCCOS(=O)Cc1ccc(F)cc1. The van der Waals surface area contributed by atoms with Crippen LogP contribution >= 0.6 is 0 Å². The van der Waals surface area contributed by atoms with E-state index in [1.165, 1.54) is 12.1 Å². The first kappa shape index (κ1) is 11.3. The number of halogens is 1. The lowest BCUT2D eigenvalue weighted by atomic mass is 10.2. The van der Waals surface area contributed by atoms with E-state index >= 15 is 0 Å². The maximum absolute atomic E-state index is 12.5. The molecule has 0 amide bonds. The quantitative estimate of drug-likeness (QED) is 0.755. The summed E-state index contributed by atoms with van der Waals surface area (Å²) in [6, 6.07) is 5.93. The molecule has 0 radical (unpaired) electrons. The molecule has 14 heavy (non-hydrogen) atoms. The number of hydrogen-bond acceptors (Lipinski definition) is 2. The maximum atomic E-state index is 12.5. The zero-order chi connectivity index (χ0) is 10.4. The van der Waals surface area contributed by atoms with Crippen molar-refractivity contribution in [2.75, 3.05) is 6.61 Å². The average Bonchev–Trinajstić information content (AvgIpc) is 2.18. The van der Waals surface area contributed by atoms with E-state index in [4.69, 9.17) is 4.18 Å². The standard InChI is InChI=1S/C10H13FO2S/c1-2-7-13-14(12)8-9-3-5-10(11)6-4-9/h3-6H,2,7-8H2,1H3. The predicted molar refractivity (Wildman–Crippen MR) is 54.5 cm³/mol. The largest absolute Gasteiger partial charge is 0.290 e. The molecule has 0 fully saturated rings. The first-order valence-electron chi connectivity index (χ1n) is 4.48. The number of benzene rings is 1. The Hall–Kier alpha value is -0.740. The molecule has 0 saturated heterocycles. The molecule has 0 aliphatic heterocycles. The number of hydrogen-bond donors (Lipinski definition) is 0. The van der Waals surface area contributed by atoms with Gasteiger partial charge in [-0.05, 0) is 24.1 Å². The molecule has 4 heteroatoms. The van der Waals surface area contributed by atoms with Gasteiger partial charge in [-0.2, -0.15) is 0 Å². The Kier molecular flexibility index (Phi) is 4.76. The highest BCUT2D eigenvalue weighted by Gasteiger charge is 2.01. The van der Waals surface area contributed by atoms with Crippen molar-refractivity contribution in [2.45, 2.75) is 19.1 Å². The summed E-state index contributed by atoms with van der Waals surface area (Å²) in [7, 11) is 0. The predicted octanol–water partition coefficient (Wildman–Crippen LogP) is 2.42. The summed E-state index contributed by atoms with van der Waals surface area (Å²) in [6.45, 7) is 2.45. The molecule has 2 nitrogen and oxygen atoms in total. The van der Waals surface area contributed by atoms with Crippen LogP contribution in [0, 0.1) is 5.82 Å². The molecule has 1 aromatic carbocycles. The highest BCUT2D eigenvalue weighted by molar-refractivity contribution is 7.79. The van der Waals surface area contributed by atoms with Crippen LogP contribution < -0.4 is 0 Å². The summed E-state index contributed by atoms with van der Waals surface area (Å²) in [5, 5.41) is 0. The smallest absolute Gasteiger partial charge is 0.159 e. The van der Waals surface area contributed by atoms with E-state index in [9.17, 15) is 8.60 Å². The molecule has 0 aromatic heterocycles. The van der Waals surface area contributed by atoms with Crippen LogP contribution in [0.3, 0.4) is 0 Å². The van der Waals surface area contributed by atoms with E-state index in [-0.39, 0.29) is 5.82 Å². The van der Waals surface area contributed by atoms with Gasteiger partial charge in [-0.1, -0.05) is 19.1 Å². The van der Waals surface area contributed by atoms with E-state index in [0.717, 1.165) is 12.0 Å². The van der Waals surface area contributed by atoms with Gasteiger partial charge in [0.05, 0.1) is 12.4 Å². The van der Waals surface area contributed by atoms with Gasteiger partial charge in [0.25, 0.3) is 0 Å². The lowest BCUT2D eigenvalue weighted by Gasteiger charge is -2.01. The molecule has 0 heterocycles. The van der Waals surface area contributed by atoms with Crippen LogP contribution in [0.4, 0.5) is 4.39 Å². The maximum Gasteiger partial charge on any atom is 0.159 e. The Morgan fingerprint density at radius 2 is 2.00 bits per heavy atom. The summed E-state index contributed by atoms with van der Waals surface area (Å²) in [4.78, 5) is 0. The Morgan fingerprint density at radius 1 is 1.36 bits per heavy atom. The number of rotatable bonds is 5. The Balaban J connectivity index is 2.44. The fourth-order valence-electron chi connectivity index (χ4n) is 0.935. The minimum atomic E-state index is -1.30. The Bertz CT molecular complexity index is 297. The van der Waals surface area contributed by atoms with Gasteiger partial charge in [0.15, 0.2) is 11.1 Å². The molecular weight excluding hydrogens is 203 g/mol. The summed E-state index contributed by atoms with van der Waals surface area (Å²) in [6.07, 6.45) is 0.842. The van der Waals surface area contributed by atoms with Crippen molar-refractivity contribution in [3.63, 3.8) is 0 Å². The van der Waals surface area contributed by atoms with Gasteiger partial charge < -0.3 is 0 Å². The fraction of sp³-hybridized carbons (Fsp3) is 0.400. The highest BCUT2D eigenvalue weighted by atomic mass is 32.2. The molecule has 0 bridgehead atoms. The minimum absolute atomic E-state index is 0.283. The van der Waals surface area contributed by atoms with Crippen LogP contribution in [-0.4, -0.2) is 10.8 Å². The molecule has 0 N–H and O–H groups in total. The van der Waals surface area contributed by atoms with Crippen LogP contribution in [-0.2, 0) is 21.0 Å². The molecule has 1 unspecified atom stereocenters. The van der Waals surface area contributed by atoms with E-state index in [1.807, 2.05) is 6.92 Å². The average molecular weight is 216 g/mol. The van der Waals surface area contributed by atoms with Crippen LogP contribution in [0.15, 0.2) is 24.3 Å². The fourth-order valence-corrected chi connectivity index (χ4v) is 1.84. The lowest BCUT2D eigenvalue weighted by molar-refractivity contribution is 0.347. The zero-order valence-corrected chi connectivity index (χ0v) is 8.85. The molecular formula is C10H13FO2S. The van der Waals surface area contributed by atoms with Crippen molar-refractivity contribution >= 4 is 11.1 Å². The summed E-state index contributed by atoms with van der Waals surface area (Å²) >= 11 is -1.30. The van der Waals surface area contributed by atoms with Crippen LogP contribution in [0.1, 0.15) is 18.9 Å². The normalized spacial score (nSPS) is 12.7. The van der Waals surface area contributed by atoms with Crippen molar-refractivity contribution in [3.05, 3.63) is 35.6 Å². The first-order valence-corrected chi connectivity index (χ1v) is 5.73. The highest BCUT2D eigenvalue weighted by Crippen LogP contribution is 2.06. The van der Waals surface area contributed by atoms with Crippen molar-refractivity contribution in [1.29, 1.82) is 0 Å². The summed E-state index contributed by atoms with van der Waals surface area (Å²) in [5.74, 6) is 0.0364. The van der Waals surface area contributed by atoms with Gasteiger partial charge in [0, 0.05) is 0 Å². The van der Waals surface area contributed by atoms with E-state index in [0.29, 0.717) is 12.4 Å². The zero-order valence-electron chi connectivity index (χ0n) is 8.03. The van der Waals surface area contributed by atoms with Crippen molar-refractivity contribution in [1.82, 2.24) is 0 Å². The van der Waals surface area contributed by atoms with Gasteiger partial charge in [-0.3, -0.25) is 4.18 Å². The van der Waals surface area contributed by atoms with Crippen LogP contribution in [0.2, 0.25) is 0 Å². The second-order valence-electron chi connectivity index (χ2n) is 2.90.